The van der Waals surface area contributed by atoms with Gasteiger partial charge in [0.05, 0.1) is 11.3 Å². The van der Waals surface area contributed by atoms with E-state index in [-0.39, 0.29) is 23.4 Å². The summed E-state index contributed by atoms with van der Waals surface area (Å²) in [5.41, 5.74) is 3.90. The predicted octanol–water partition coefficient (Wildman–Crippen LogP) is 5.29. The second-order valence-corrected chi connectivity index (χ2v) is 8.20. The number of hydrogen-bond acceptors (Lipinski definition) is 4. The summed E-state index contributed by atoms with van der Waals surface area (Å²) in [6.07, 6.45) is 1.78. The van der Waals surface area contributed by atoms with Crippen molar-refractivity contribution in [2.24, 2.45) is 12.2 Å². The maximum Gasteiger partial charge on any atom is 0.335 e. The van der Waals surface area contributed by atoms with Gasteiger partial charge in [-0.3, -0.25) is 4.79 Å². The van der Waals surface area contributed by atoms with Crippen molar-refractivity contribution in [2.45, 2.75) is 12.3 Å². The zero-order valence-corrected chi connectivity index (χ0v) is 18.9. The first-order valence-electron chi connectivity index (χ1n) is 10.9. The molecular formula is C28H23FN2O4. The van der Waals surface area contributed by atoms with Gasteiger partial charge >= 0.3 is 5.97 Å². The highest BCUT2D eigenvalue weighted by molar-refractivity contribution is 6.00. The van der Waals surface area contributed by atoms with Gasteiger partial charge in [-0.2, -0.15) is 0 Å². The molecule has 0 fully saturated rings. The van der Waals surface area contributed by atoms with Crippen molar-refractivity contribution in [3.05, 3.63) is 130 Å². The van der Waals surface area contributed by atoms with Crippen LogP contribution in [0.1, 0.15) is 39.4 Å². The molecule has 0 aliphatic carbocycles. The average molecular weight is 471 g/mol. The van der Waals surface area contributed by atoms with E-state index in [9.17, 15) is 19.2 Å². The highest BCUT2D eigenvalue weighted by atomic mass is 19.1. The number of aromatic nitrogens is 1. The van der Waals surface area contributed by atoms with Crippen LogP contribution in [0.2, 0.25) is 0 Å². The monoisotopic (exact) mass is 470 g/mol. The molecular weight excluding hydrogens is 447 g/mol. The van der Waals surface area contributed by atoms with Gasteiger partial charge in [0.1, 0.15) is 5.82 Å². The first-order chi connectivity index (χ1) is 16.9. The second kappa shape index (κ2) is 10.2. The lowest BCUT2D eigenvalue weighted by atomic mass is 9.84. The highest BCUT2D eigenvalue weighted by Gasteiger charge is 2.22. The number of hydrogen-bond donors (Lipinski definition) is 2. The van der Waals surface area contributed by atoms with Gasteiger partial charge in [0.25, 0.3) is 0 Å². The Morgan fingerprint density at radius 3 is 2.09 bits per heavy atom. The van der Waals surface area contributed by atoms with E-state index in [1.54, 1.807) is 61.8 Å². The van der Waals surface area contributed by atoms with Crippen molar-refractivity contribution < 1.29 is 19.5 Å². The third kappa shape index (κ3) is 5.19. The zero-order valence-electron chi connectivity index (χ0n) is 18.9. The molecule has 1 atom stereocenters. The molecule has 2 N–H and O–H groups in total. The van der Waals surface area contributed by atoms with Crippen molar-refractivity contribution in [2.75, 3.05) is 0 Å². The molecule has 7 heteroatoms. The fourth-order valence-corrected chi connectivity index (χ4v) is 4.05. The van der Waals surface area contributed by atoms with Crippen molar-refractivity contribution >= 4 is 11.7 Å². The van der Waals surface area contributed by atoms with Gasteiger partial charge in [-0.05, 0) is 46.5 Å². The molecule has 0 bridgehead atoms. The fourth-order valence-electron chi connectivity index (χ4n) is 4.05. The molecule has 3 aromatic carbocycles. The molecule has 0 saturated heterocycles. The number of aromatic carboxylic acids is 1. The SMILES string of the molecule is Cn1cc(/C(CC(c2ccc(-c3ccc(C(=O)O)cc3)cc2)c2ccccc2F)=N\O)ccc1=O. The van der Waals surface area contributed by atoms with E-state index in [1.807, 2.05) is 24.3 Å². The number of rotatable bonds is 7. The van der Waals surface area contributed by atoms with Gasteiger partial charge in [0, 0.05) is 37.2 Å². The normalized spacial score (nSPS) is 12.3. The first kappa shape index (κ1) is 23.6. The minimum Gasteiger partial charge on any atom is -0.478 e. The summed E-state index contributed by atoms with van der Waals surface area (Å²) in [4.78, 5) is 22.9. The van der Waals surface area contributed by atoms with E-state index in [1.165, 1.54) is 16.7 Å². The summed E-state index contributed by atoms with van der Waals surface area (Å²) in [5, 5.41) is 22.3. The predicted molar refractivity (Wildman–Crippen MR) is 132 cm³/mol. The summed E-state index contributed by atoms with van der Waals surface area (Å²) in [7, 11) is 1.61. The number of halogens is 1. The third-order valence-electron chi connectivity index (χ3n) is 6.00. The molecule has 0 amide bonds. The minimum atomic E-state index is -0.987. The van der Waals surface area contributed by atoms with Crippen LogP contribution in [-0.4, -0.2) is 26.6 Å². The molecule has 176 valence electrons. The Kier molecular flexibility index (Phi) is 6.87. The van der Waals surface area contributed by atoms with Gasteiger partial charge < -0.3 is 14.9 Å². The van der Waals surface area contributed by atoms with Crippen molar-refractivity contribution in [1.29, 1.82) is 0 Å². The van der Waals surface area contributed by atoms with Crippen LogP contribution in [0.15, 0.2) is 101 Å². The molecule has 1 aromatic heterocycles. The number of benzene rings is 3. The quantitative estimate of drug-likeness (QED) is 0.218. The van der Waals surface area contributed by atoms with Crippen LogP contribution in [0, 0.1) is 5.82 Å². The summed E-state index contributed by atoms with van der Waals surface area (Å²) in [6, 6.07) is 23.6. The van der Waals surface area contributed by atoms with Crippen molar-refractivity contribution in [3.8, 4) is 11.1 Å². The molecule has 35 heavy (non-hydrogen) atoms. The lowest BCUT2D eigenvalue weighted by Crippen LogP contribution is -2.18. The van der Waals surface area contributed by atoms with E-state index >= 15 is 0 Å². The topological polar surface area (TPSA) is 91.9 Å². The number of carbonyl (C=O) groups is 1. The van der Waals surface area contributed by atoms with Crippen molar-refractivity contribution in [3.63, 3.8) is 0 Å². The van der Waals surface area contributed by atoms with Gasteiger partial charge in [0.15, 0.2) is 0 Å². The maximum absolute atomic E-state index is 14.9. The number of oxime groups is 1. The highest BCUT2D eigenvalue weighted by Crippen LogP contribution is 2.33. The Balaban J connectivity index is 1.70. The average Bonchev–Trinajstić information content (AvgIpc) is 2.87. The van der Waals surface area contributed by atoms with Crippen LogP contribution in [0.4, 0.5) is 4.39 Å². The first-order valence-corrected chi connectivity index (χ1v) is 10.9. The Labute approximate surface area is 201 Å². The summed E-state index contributed by atoms with van der Waals surface area (Å²) < 4.78 is 16.2. The van der Waals surface area contributed by atoms with E-state index in [0.29, 0.717) is 16.8 Å². The molecule has 6 nitrogen and oxygen atoms in total. The number of pyridine rings is 1. The summed E-state index contributed by atoms with van der Waals surface area (Å²) in [5.74, 6) is -1.81. The lowest BCUT2D eigenvalue weighted by Gasteiger charge is -2.20. The van der Waals surface area contributed by atoms with Crippen LogP contribution in [-0.2, 0) is 7.05 Å². The summed E-state index contributed by atoms with van der Waals surface area (Å²) in [6.45, 7) is 0. The van der Waals surface area contributed by atoms with Crippen LogP contribution in [0.3, 0.4) is 0 Å². The van der Waals surface area contributed by atoms with Gasteiger partial charge in [-0.25, -0.2) is 9.18 Å². The van der Waals surface area contributed by atoms with E-state index < -0.39 is 11.9 Å². The molecule has 0 spiro atoms. The van der Waals surface area contributed by atoms with E-state index in [0.717, 1.165) is 16.7 Å². The van der Waals surface area contributed by atoms with Crippen molar-refractivity contribution in [1.82, 2.24) is 4.57 Å². The maximum atomic E-state index is 14.9. The Hall–Kier alpha value is -4.52. The van der Waals surface area contributed by atoms with Crippen LogP contribution in [0.25, 0.3) is 11.1 Å². The minimum absolute atomic E-state index is 0.191. The molecule has 1 unspecified atom stereocenters. The molecule has 0 radical (unpaired) electrons. The van der Waals surface area contributed by atoms with Crippen LogP contribution in [0.5, 0.6) is 0 Å². The fraction of sp³-hybridized carbons (Fsp3) is 0.107. The smallest absolute Gasteiger partial charge is 0.335 e. The molecule has 1 heterocycles. The Bertz CT molecular complexity index is 1440. The molecule has 0 aliphatic heterocycles. The Morgan fingerprint density at radius 2 is 1.51 bits per heavy atom. The van der Waals surface area contributed by atoms with E-state index in [4.69, 9.17) is 5.11 Å². The van der Waals surface area contributed by atoms with Gasteiger partial charge in [0.2, 0.25) is 5.56 Å². The van der Waals surface area contributed by atoms with E-state index in [2.05, 4.69) is 5.16 Å². The number of nitrogens with zero attached hydrogens (tertiary/aromatic N) is 2. The molecule has 4 aromatic rings. The van der Waals surface area contributed by atoms with Crippen LogP contribution >= 0.6 is 0 Å². The second-order valence-electron chi connectivity index (χ2n) is 8.20. The standard InChI is InChI=1S/C28H23FN2O4/c1-31-17-22(14-15-27(31)32)26(30-35)16-24(23-4-2-3-5-25(23)29)20-10-6-18(7-11-20)19-8-12-21(13-9-19)28(33)34/h2-15,17,24,35H,16H2,1H3,(H,33,34)/b30-26-. The number of aryl methyl sites for hydroxylation is 1. The van der Waals surface area contributed by atoms with Gasteiger partial charge in [-0.1, -0.05) is 59.8 Å². The number of carboxylic acid groups (broad SMARTS) is 1. The van der Waals surface area contributed by atoms with Gasteiger partial charge in [-0.15, -0.1) is 0 Å². The molecule has 4 rings (SSSR count). The Morgan fingerprint density at radius 1 is 0.914 bits per heavy atom. The third-order valence-corrected chi connectivity index (χ3v) is 6.00. The van der Waals surface area contributed by atoms with Crippen LogP contribution < -0.4 is 5.56 Å². The largest absolute Gasteiger partial charge is 0.478 e. The lowest BCUT2D eigenvalue weighted by molar-refractivity contribution is 0.0697. The molecule has 0 aliphatic rings. The number of carboxylic acids is 1. The summed E-state index contributed by atoms with van der Waals surface area (Å²) >= 11 is 0. The molecule has 0 saturated carbocycles. The zero-order chi connectivity index (χ0) is 24.9.